The average Bonchev–Trinajstić information content (AvgIpc) is 2.98. The summed E-state index contributed by atoms with van der Waals surface area (Å²) in [7, 11) is 0. The molecule has 1 amide bonds. The molecule has 3 rings (SSSR count). The number of hydrogen-bond acceptors (Lipinski definition) is 3. The molecule has 0 aliphatic carbocycles. The third-order valence-corrected chi connectivity index (χ3v) is 6.05. The van der Waals surface area contributed by atoms with Crippen LogP contribution < -0.4 is 0 Å². The quantitative estimate of drug-likeness (QED) is 0.625. The van der Waals surface area contributed by atoms with E-state index in [1.165, 1.54) is 13.0 Å². The van der Waals surface area contributed by atoms with Gasteiger partial charge in [-0.2, -0.15) is 18.3 Å². The number of benzene rings is 1. The lowest BCUT2D eigenvalue weighted by Gasteiger charge is -2.36. The van der Waals surface area contributed by atoms with E-state index in [1.807, 2.05) is 4.90 Å². The van der Waals surface area contributed by atoms with Crippen molar-refractivity contribution in [3.05, 3.63) is 51.5 Å². The van der Waals surface area contributed by atoms with Crippen molar-refractivity contribution in [2.45, 2.75) is 32.6 Å². The lowest BCUT2D eigenvalue weighted by atomic mass is 10.1. The molecule has 1 atom stereocenters. The summed E-state index contributed by atoms with van der Waals surface area (Å²) in [5.74, 6) is -0.554. The first-order chi connectivity index (χ1) is 13.6. The minimum absolute atomic E-state index is 0.153. The van der Waals surface area contributed by atoms with Crippen LogP contribution in [0.15, 0.2) is 28.7 Å². The van der Waals surface area contributed by atoms with Gasteiger partial charge in [-0.1, -0.05) is 18.2 Å². The van der Waals surface area contributed by atoms with Crippen molar-refractivity contribution in [2.24, 2.45) is 0 Å². The molecule has 0 N–H and O–H groups in total. The monoisotopic (exact) mass is 476 g/mol. The molecule has 158 valence electrons. The molecule has 0 saturated carbocycles. The predicted octanol–water partition coefficient (Wildman–Crippen LogP) is 4.02. The summed E-state index contributed by atoms with van der Waals surface area (Å²) in [5.41, 5.74) is -0.196. The Labute approximate surface area is 174 Å². The fraction of sp³-hybridized carbons (Fsp3) is 0.474. The van der Waals surface area contributed by atoms with Crippen LogP contribution in [0.5, 0.6) is 0 Å². The van der Waals surface area contributed by atoms with E-state index in [2.05, 4.69) is 21.0 Å². The first kappa shape index (κ1) is 21.8. The number of carbonyl (C=O) groups excluding carboxylic acids is 1. The molecule has 1 aromatic carbocycles. The lowest BCUT2D eigenvalue weighted by Crippen LogP contribution is -2.50. The summed E-state index contributed by atoms with van der Waals surface area (Å²) < 4.78 is 54.0. The SMILES string of the molecule is Cc1c(Br)c(C(F)(F)F)nn1C(C)C(=O)N1CCN(Cc2ccccc2F)CC1. The molecule has 2 heterocycles. The van der Waals surface area contributed by atoms with Gasteiger partial charge in [0, 0.05) is 38.3 Å². The molecule has 1 aliphatic heterocycles. The Balaban J connectivity index is 1.64. The second-order valence-electron chi connectivity index (χ2n) is 7.06. The molecule has 5 nitrogen and oxygen atoms in total. The van der Waals surface area contributed by atoms with E-state index in [1.54, 1.807) is 30.0 Å². The van der Waals surface area contributed by atoms with Crippen molar-refractivity contribution in [3.63, 3.8) is 0 Å². The van der Waals surface area contributed by atoms with Gasteiger partial charge in [-0.15, -0.1) is 0 Å². The van der Waals surface area contributed by atoms with Crippen LogP contribution in [-0.4, -0.2) is 51.7 Å². The van der Waals surface area contributed by atoms with Crippen molar-refractivity contribution in [1.29, 1.82) is 0 Å². The first-order valence-electron chi connectivity index (χ1n) is 9.16. The fourth-order valence-corrected chi connectivity index (χ4v) is 3.91. The van der Waals surface area contributed by atoms with Crippen LogP contribution in [0.2, 0.25) is 0 Å². The molecule has 10 heteroatoms. The van der Waals surface area contributed by atoms with Gasteiger partial charge in [0.15, 0.2) is 5.69 Å². The number of alkyl halides is 3. The molecule has 1 aromatic heterocycles. The van der Waals surface area contributed by atoms with E-state index < -0.39 is 17.9 Å². The van der Waals surface area contributed by atoms with E-state index in [0.717, 1.165) is 4.68 Å². The summed E-state index contributed by atoms with van der Waals surface area (Å²) >= 11 is 2.93. The van der Waals surface area contributed by atoms with Crippen LogP contribution in [0.1, 0.15) is 29.9 Å². The highest BCUT2D eigenvalue weighted by Gasteiger charge is 2.39. The zero-order valence-corrected chi connectivity index (χ0v) is 17.6. The van der Waals surface area contributed by atoms with Crippen molar-refractivity contribution in [2.75, 3.05) is 26.2 Å². The maximum atomic E-state index is 13.8. The van der Waals surface area contributed by atoms with Gasteiger partial charge >= 0.3 is 6.18 Å². The Morgan fingerprint density at radius 2 is 1.83 bits per heavy atom. The van der Waals surface area contributed by atoms with Crippen molar-refractivity contribution >= 4 is 21.8 Å². The molecule has 0 bridgehead atoms. The summed E-state index contributed by atoms with van der Waals surface area (Å²) in [6.07, 6.45) is -4.60. The normalized spacial score (nSPS) is 16.9. The largest absolute Gasteiger partial charge is 0.436 e. The van der Waals surface area contributed by atoms with Crippen molar-refractivity contribution in [1.82, 2.24) is 19.6 Å². The molecule has 1 saturated heterocycles. The maximum Gasteiger partial charge on any atom is 0.436 e. The second kappa shape index (κ2) is 8.43. The lowest BCUT2D eigenvalue weighted by molar-refractivity contribution is -0.143. The van der Waals surface area contributed by atoms with E-state index in [4.69, 9.17) is 0 Å². The minimum atomic E-state index is -4.60. The van der Waals surface area contributed by atoms with Crippen LogP contribution in [-0.2, 0) is 17.5 Å². The van der Waals surface area contributed by atoms with Gasteiger partial charge in [-0.25, -0.2) is 4.39 Å². The molecular formula is C19H21BrF4N4O. The van der Waals surface area contributed by atoms with Gasteiger partial charge in [0.1, 0.15) is 11.9 Å². The Morgan fingerprint density at radius 1 is 1.21 bits per heavy atom. The third kappa shape index (κ3) is 4.63. The first-order valence-corrected chi connectivity index (χ1v) is 9.95. The number of halogens is 5. The highest BCUT2D eigenvalue weighted by Crippen LogP contribution is 2.36. The molecule has 1 fully saturated rings. The minimum Gasteiger partial charge on any atom is -0.338 e. The fourth-order valence-electron chi connectivity index (χ4n) is 3.42. The molecule has 0 spiro atoms. The Bertz CT molecular complexity index is 891. The van der Waals surface area contributed by atoms with E-state index >= 15 is 0 Å². The number of amides is 1. The Kier molecular flexibility index (Phi) is 6.33. The van der Waals surface area contributed by atoms with Crippen LogP contribution in [0.25, 0.3) is 0 Å². The zero-order chi connectivity index (χ0) is 21.3. The van der Waals surface area contributed by atoms with Crippen LogP contribution in [0, 0.1) is 12.7 Å². The van der Waals surface area contributed by atoms with Gasteiger partial charge < -0.3 is 4.90 Å². The molecular weight excluding hydrogens is 456 g/mol. The van der Waals surface area contributed by atoms with Crippen LogP contribution >= 0.6 is 15.9 Å². The number of piperazine rings is 1. The molecule has 2 aromatic rings. The number of aromatic nitrogens is 2. The highest BCUT2D eigenvalue weighted by atomic mass is 79.9. The Morgan fingerprint density at radius 3 is 2.38 bits per heavy atom. The van der Waals surface area contributed by atoms with Gasteiger partial charge in [0.2, 0.25) is 5.91 Å². The zero-order valence-electron chi connectivity index (χ0n) is 16.0. The van der Waals surface area contributed by atoms with E-state index in [-0.39, 0.29) is 21.9 Å². The number of hydrogen-bond donors (Lipinski definition) is 0. The topological polar surface area (TPSA) is 41.4 Å². The average molecular weight is 477 g/mol. The third-order valence-electron chi connectivity index (χ3n) is 5.11. The maximum absolute atomic E-state index is 13.8. The Hall–Kier alpha value is -1.94. The molecule has 29 heavy (non-hydrogen) atoms. The van der Waals surface area contributed by atoms with Gasteiger partial charge in [0.25, 0.3) is 0 Å². The summed E-state index contributed by atoms with van der Waals surface area (Å²) in [4.78, 5) is 16.5. The van der Waals surface area contributed by atoms with Gasteiger partial charge in [0.05, 0.1) is 10.2 Å². The molecule has 1 unspecified atom stereocenters. The standard InChI is InChI=1S/C19H21BrF4N4O/c1-12-16(20)17(19(22,23)24)25-28(12)13(2)18(29)27-9-7-26(8-10-27)11-14-5-3-4-6-15(14)21/h3-6,13H,7-11H2,1-2H3. The van der Waals surface area contributed by atoms with E-state index in [0.29, 0.717) is 38.3 Å². The van der Waals surface area contributed by atoms with Gasteiger partial charge in [-0.05, 0) is 35.8 Å². The predicted molar refractivity (Wildman–Crippen MR) is 103 cm³/mol. The summed E-state index contributed by atoms with van der Waals surface area (Å²) in [5, 5.41) is 3.62. The number of rotatable bonds is 4. The van der Waals surface area contributed by atoms with Crippen molar-refractivity contribution < 1.29 is 22.4 Å². The van der Waals surface area contributed by atoms with Crippen LogP contribution in [0.4, 0.5) is 17.6 Å². The second-order valence-corrected chi connectivity index (χ2v) is 7.85. The highest BCUT2D eigenvalue weighted by molar-refractivity contribution is 9.10. The summed E-state index contributed by atoms with van der Waals surface area (Å²) in [6.45, 7) is 5.44. The number of nitrogens with zero attached hydrogens (tertiary/aromatic N) is 4. The number of carbonyl (C=O) groups is 1. The van der Waals surface area contributed by atoms with E-state index in [9.17, 15) is 22.4 Å². The van der Waals surface area contributed by atoms with Gasteiger partial charge in [-0.3, -0.25) is 14.4 Å². The van der Waals surface area contributed by atoms with Crippen LogP contribution in [0.3, 0.4) is 0 Å². The van der Waals surface area contributed by atoms with Crippen molar-refractivity contribution in [3.8, 4) is 0 Å². The smallest absolute Gasteiger partial charge is 0.338 e. The molecule has 0 radical (unpaired) electrons. The molecule has 1 aliphatic rings. The summed E-state index contributed by atoms with van der Waals surface area (Å²) in [6, 6.07) is 5.69.